The summed E-state index contributed by atoms with van der Waals surface area (Å²) in [4.78, 5) is 38.3. The van der Waals surface area contributed by atoms with Crippen LogP contribution < -0.4 is 15.4 Å². The SMILES string of the molecule is O=C1NC(=O)C(C#Cc2ccc(F)cc2F)(CCN2Cc3ccc(OC(F)F)cc3C2=O)N1. The van der Waals surface area contributed by atoms with Crippen LogP contribution in [0.1, 0.15) is 27.9 Å². The maximum atomic E-state index is 13.9. The highest BCUT2D eigenvalue weighted by Gasteiger charge is 2.45. The zero-order valence-electron chi connectivity index (χ0n) is 16.8. The standard InChI is InChI=1S/C22H15F4N3O4/c23-14-3-1-12(17(24)9-14)5-6-22(19(31)27-21(32)28-22)7-8-29-11-13-2-4-15(33-20(25)26)10-16(13)18(29)30/h1-4,9-10,20H,7-8,11H2,(H2,27,28,31,32). The molecule has 1 saturated heterocycles. The van der Waals surface area contributed by atoms with Crippen LogP contribution in [0.5, 0.6) is 5.75 Å². The van der Waals surface area contributed by atoms with Gasteiger partial charge >= 0.3 is 12.6 Å². The Morgan fingerprint density at radius 2 is 1.91 bits per heavy atom. The average Bonchev–Trinajstić information content (AvgIpc) is 3.21. The van der Waals surface area contributed by atoms with E-state index >= 15 is 0 Å². The number of carbonyl (C=O) groups excluding carboxylic acids is 3. The molecule has 0 aliphatic carbocycles. The molecule has 0 aromatic heterocycles. The highest BCUT2D eigenvalue weighted by atomic mass is 19.3. The van der Waals surface area contributed by atoms with Crippen molar-refractivity contribution in [1.29, 1.82) is 0 Å². The summed E-state index contributed by atoms with van der Waals surface area (Å²) in [5, 5.41) is 4.46. The fraction of sp³-hybridized carbons (Fsp3) is 0.227. The van der Waals surface area contributed by atoms with Crippen molar-refractivity contribution in [3.05, 3.63) is 64.7 Å². The van der Waals surface area contributed by atoms with Crippen molar-refractivity contribution in [2.24, 2.45) is 0 Å². The molecule has 0 bridgehead atoms. The van der Waals surface area contributed by atoms with Gasteiger partial charge in [0, 0.05) is 31.1 Å². The zero-order valence-corrected chi connectivity index (χ0v) is 16.8. The minimum atomic E-state index is -3.04. The van der Waals surface area contributed by atoms with Gasteiger partial charge in [0.2, 0.25) is 0 Å². The molecule has 1 fully saturated rings. The van der Waals surface area contributed by atoms with Crippen molar-refractivity contribution in [3.8, 4) is 17.6 Å². The van der Waals surface area contributed by atoms with Crippen LogP contribution >= 0.6 is 0 Å². The Bertz CT molecular complexity index is 1220. The largest absolute Gasteiger partial charge is 0.435 e. The summed E-state index contributed by atoms with van der Waals surface area (Å²) < 4.78 is 56.3. The van der Waals surface area contributed by atoms with E-state index in [1.165, 1.54) is 23.1 Å². The number of halogens is 4. The van der Waals surface area contributed by atoms with Gasteiger partial charge in [0.15, 0.2) is 5.54 Å². The lowest BCUT2D eigenvalue weighted by atomic mass is 9.95. The minimum Gasteiger partial charge on any atom is -0.435 e. The summed E-state index contributed by atoms with van der Waals surface area (Å²) >= 11 is 0. The molecular formula is C22H15F4N3O4. The molecule has 2 aliphatic heterocycles. The summed E-state index contributed by atoms with van der Waals surface area (Å²) in [5.41, 5.74) is -1.17. The molecule has 7 nitrogen and oxygen atoms in total. The van der Waals surface area contributed by atoms with Crippen LogP contribution in [0.4, 0.5) is 22.4 Å². The van der Waals surface area contributed by atoms with Crippen LogP contribution in [0.3, 0.4) is 0 Å². The lowest BCUT2D eigenvalue weighted by Crippen LogP contribution is -2.48. The van der Waals surface area contributed by atoms with E-state index in [2.05, 4.69) is 27.2 Å². The van der Waals surface area contributed by atoms with Crippen LogP contribution in [0.2, 0.25) is 0 Å². The number of urea groups is 1. The molecule has 2 aromatic rings. The van der Waals surface area contributed by atoms with Crippen molar-refractivity contribution in [2.75, 3.05) is 6.54 Å². The lowest BCUT2D eigenvalue weighted by molar-refractivity contribution is -0.122. The van der Waals surface area contributed by atoms with Crippen molar-refractivity contribution in [1.82, 2.24) is 15.5 Å². The van der Waals surface area contributed by atoms with Crippen LogP contribution in [0, 0.1) is 23.5 Å². The van der Waals surface area contributed by atoms with E-state index < -0.39 is 41.6 Å². The third-order valence-electron chi connectivity index (χ3n) is 5.23. The molecule has 1 unspecified atom stereocenters. The Hall–Kier alpha value is -4.07. The van der Waals surface area contributed by atoms with Gasteiger partial charge in [-0.2, -0.15) is 8.78 Å². The third kappa shape index (κ3) is 4.45. The number of hydrogen-bond acceptors (Lipinski definition) is 4. The molecule has 0 spiro atoms. The first-order chi connectivity index (χ1) is 15.7. The van der Waals surface area contributed by atoms with Gasteiger partial charge in [0.1, 0.15) is 17.4 Å². The molecule has 33 heavy (non-hydrogen) atoms. The fourth-order valence-electron chi connectivity index (χ4n) is 3.58. The Morgan fingerprint density at radius 3 is 2.58 bits per heavy atom. The molecule has 2 aliphatic rings. The molecule has 1 atom stereocenters. The lowest BCUT2D eigenvalue weighted by Gasteiger charge is -2.23. The second-order valence-electron chi connectivity index (χ2n) is 7.36. The number of nitrogens with zero attached hydrogens (tertiary/aromatic N) is 1. The first-order valence-electron chi connectivity index (χ1n) is 9.66. The van der Waals surface area contributed by atoms with E-state index in [0.717, 1.165) is 12.1 Å². The summed E-state index contributed by atoms with van der Waals surface area (Å²) in [5.74, 6) is 1.85. The van der Waals surface area contributed by atoms with Gasteiger partial charge in [-0.1, -0.05) is 17.9 Å². The van der Waals surface area contributed by atoms with E-state index in [0.29, 0.717) is 11.6 Å². The van der Waals surface area contributed by atoms with Crippen LogP contribution in [0.25, 0.3) is 0 Å². The van der Waals surface area contributed by atoms with Crippen molar-refractivity contribution < 1.29 is 36.7 Å². The predicted octanol–water partition coefficient (Wildman–Crippen LogP) is 2.54. The molecule has 4 amide bonds. The number of fused-ring (bicyclic) bond motifs is 1. The van der Waals surface area contributed by atoms with Gasteiger partial charge in [-0.05, 0) is 29.8 Å². The van der Waals surface area contributed by atoms with Gasteiger partial charge in [-0.3, -0.25) is 14.9 Å². The molecule has 2 N–H and O–H groups in total. The smallest absolute Gasteiger partial charge is 0.387 e. The molecule has 0 radical (unpaired) electrons. The molecule has 2 aromatic carbocycles. The van der Waals surface area contributed by atoms with Gasteiger partial charge in [-0.25, -0.2) is 13.6 Å². The van der Waals surface area contributed by atoms with E-state index in [9.17, 15) is 31.9 Å². The summed E-state index contributed by atoms with van der Waals surface area (Å²) in [6, 6.07) is 5.94. The van der Waals surface area contributed by atoms with E-state index in [1.807, 2.05) is 0 Å². The zero-order chi connectivity index (χ0) is 23.8. The average molecular weight is 461 g/mol. The molecule has 170 valence electrons. The molecular weight excluding hydrogens is 446 g/mol. The molecule has 0 saturated carbocycles. The van der Waals surface area contributed by atoms with Gasteiger partial charge in [0.05, 0.1) is 5.56 Å². The number of benzene rings is 2. The Balaban J connectivity index is 1.54. The van der Waals surface area contributed by atoms with Gasteiger partial charge < -0.3 is 15.0 Å². The number of amides is 4. The molecule has 2 heterocycles. The van der Waals surface area contributed by atoms with Crippen LogP contribution in [-0.2, 0) is 11.3 Å². The van der Waals surface area contributed by atoms with Crippen molar-refractivity contribution in [2.45, 2.75) is 25.1 Å². The second kappa shape index (κ2) is 8.46. The van der Waals surface area contributed by atoms with E-state index in [1.54, 1.807) is 0 Å². The highest BCUT2D eigenvalue weighted by Crippen LogP contribution is 2.29. The highest BCUT2D eigenvalue weighted by molar-refractivity contribution is 6.09. The van der Waals surface area contributed by atoms with Gasteiger partial charge in [-0.15, -0.1) is 0 Å². The number of ether oxygens (including phenoxy) is 1. The monoisotopic (exact) mass is 461 g/mol. The first kappa shape index (κ1) is 22.1. The number of hydrogen-bond donors (Lipinski definition) is 2. The van der Waals surface area contributed by atoms with Crippen molar-refractivity contribution >= 4 is 17.8 Å². The number of alkyl halides is 2. The second-order valence-corrected chi connectivity index (χ2v) is 7.36. The maximum Gasteiger partial charge on any atom is 0.387 e. The number of imide groups is 1. The Kier molecular flexibility index (Phi) is 5.68. The number of carbonyl (C=O) groups is 3. The summed E-state index contributed by atoms with van der Waals surface area (Å²) in [6.45, 7) is -2.92. The van der Waals surface area contributed by atoms with Crippen LogP contribution in [0.15, 0.2) is 36.4 Å². The normalized spacial score (nSPS) is 19.2. The van der Waals surface area contributed by atoms with Gasteiger partial charge in [0.25, 0.3) is 11.8 Å². The number of nitrogens with one attached hydrogen (secondary N) is 2. The Morgan fingerprint density at radius 1 is 1.12 bits per heavy atom. The topological polar surface area (TPSA) is 87.7 Å². The van der Waals surface area contributed by atoms with Crippen LogP contribution in [-0.4, -0.2) is 41.4 Å². The summed E-state index contributed by atoms with van der Waals surface area (Å²) in [7, 11) is 0. The predicted molar refractivity (Wildman–Crippen MR) is 105 cm³/mol. The maximum absolute atomic E-state index is 13.9. The molecule has 4 rings (SSSR count). The van der Waals surface area contributed by atoms with Crippen molar-refractivity contribution in [3.63, 3.8) is 0 Å². The minimum absolute atomic E-state index is 0.0349. The Labute approximate surface area is 184 Å². The third-order valence-corrected chi connectivity index (χ3v) is 5.23. The first-order valence-corrected chi connectivity index (χ1v) is 9.66. The van der Waals surface area contributed by atoms with E-state index in [4.69, 9.17) is 0 Å². The fourth-order valence-corrected chi connectivity index (χ4v) is 3.58. The quantitative estimate of drug-likeness (QED) is 0.407. The number of rotatable bonds is 5. The molecule has 11 heteroatoms. The van der Waals surface area contributed by atoms with E-state index in [-0.39, 0.29) is 36.4 Å². The summed E-state index contributed by atoms with van der Waals surface area (Å²) in [6.07, 6.45) is -0.138.